The van der Waals surface area contributed by atoms with Crippen LogP contribution in [0.15, 0.2) is 60.7 Å². The molecule has 0 heterocycles. The van der Waals surface area contributed by atoms with E-state index in [2.05, 4.69) is 4.74 Å². The molecule has 102 valence electrons. The Morgan fingerprint density at radius 1 is 1.00 bits per heavy atom. The lowest BCUT2D eigenvalue weighted by atomic mass is 10.1. The minimum atomic E-state index is -0.448. The maximum Gasteiger partial charge on any atom is 0.334 e. The number of methoxy groups -OCH3 is 1. The summed E-state index contributed by atoms with van der Waals surface area (Å²) in [5.74, 6) is 0.683. The predicted molar refractivity (Wildman–Crippen MR) is 78.2 cm³/mol. The van der Waals surface area contributed by atoms with Crippen molar-refractivity contribution < 1.29 is 14.3 Å². The van der Waals surface area contributed by atoms with Gasteiger partial charge in [-0.3, -0.25) is 0 Å². The molecular formula is C17H16O3. The summed E-state index contributed by atoms with van der Waals surface area (Å²) in [6, 6.07) is 17.1. The van der Waals surface area contributed by atoms with Crippen LogP contribution in [0, 0.1) is 6.92 Å². The zero-order valence-electron chi connectivity index (χ0n) is 11.5. The Labute approximate surface area is 118 Å². The second-order valence-electron chi connectivity index (χ2n) is 4.31. The Balaban J connectivity index is 2.32. The highest BCUT2D eigenvalue weighted by atomic mass is 16.5. The molecule has 20 heavy (non-hydrogen) atoms. The van der Waals surface area contributed by atoms with Gasteiger partial charge in [-0.15, -0.1) is 0 Å². The lowest BCUT2D eigenvalue weighted by Gasteiger charge is -2.10. The Morgan fingerprint density at radius 3 is 2.25 bits per heavy atom. The molecule has 0 fully saturated rings. The van der Waals surface area contributed by atoms with Gasteiger partial charge in [0.05, 0.1) is 13.2 Å². The van der Waals surface area contributed by atoms with E-state index in [0.29, 0.717) is 11.5 Å². The minimum Gasteiger partial charge on any atom is -0.466 e. The highest BCUT2D eigenvalue weighted by Gasteiger charge is 2.08. The summed E-state index contributed by atoms with van der Waals surface area (Å²) in [4.78, 5) is 11.5. The SMILES string of the molecule is COC(=O)/C=C(/Oc1ccccc1)c1ccc(C)cc1. The molecule has 0 aromatic heterocycles. The van der Waals surface area contributed by atoms with E-state index < -0.39 is 5.97 Å². The molecule has 0 saturated carbocycles. The summed E-state index contributed by atoms with van der Waals surface area (Å²) >= 11 is 0. The van der Waals surface area contributed by atoms with Crippen molar-refractivity contribution in [3.8, 4) is 5.75 Å². The van der Waals surface area contributed by atoms with Crippen molar-refractivity contribution in [1.29, 1.82) is 0 Å². The van der Waals surface area contributed by atoms with Crippen LogP contribution in [0.5, 0.6) is 5.75 Å². The third-order valence-electron chi connectivity index (χ3n) is 2.76. The Hall–Kier alpha value is -2.55. The number of ether oxygens (including phenoxy) is 2. The zero-order valence-corrected chi connectivity index (χ0v) is 11.5. The quantitative estimate of drug-likeness (QED) is 0.483. The fourth-order valence-corrected chi connectivity index (χ4v) is 1.67. The number of aryl methyl sites for hydroxylation is 1. The van der Waals surface area contributed by atoms with Gasteiger partial charge in [0, 0.05) is 5.56 Å². The maximum absolute atomic E-state index is 11.5. The topological polar surface area (TPSA) is 35.5 Å². The van der Waals surface area contributed by atoms with E-state index in [0.717, 1.165) is 11.1 Å². The third kappa shape index (κ3) is 3.72. The van der Waals surface area contributed by atoms with Gasteiger partial charge >= 0.3 is 5.97 Å². The molecule has 0 saturated heterocycles. The molecule has 0 aliphatic heterocycles. The molecule has 0 radical (unpaired) electrons. The highest BCUT2D eigenvalue weighted by Crippen LogP contribution is 2.21. The summed E-state index contributed by atoms with van der Waals surface area (Å²) in [6.07, 6.45) is 1.34. The van der Waals surface area contributed by atoms with Crippen LogP contribution in [0.4, 0.5) is 0 Å². The number of hydrogen-bond acceptors (Lipinski definition) is 3. The van der Waals surface area contributed by atoms with Gasteiger partial charge in [0.25, 0.3) is 0 Å². The van der Waals surface area contributed by atoms with Gasteiger partial charge in [0.1, 0.15) is 11.5 Å². The van der Waals surface area contributed by atoms with Gasteiger partial charge in [-0.2, -0.15) is 0 Å². The second kappa shape index (κ2) is 6.57. The van der Waals surface area contributed by atoms with Crippen molar-refractivity contribution in [2.75, 3.05) is 7.11 Å². The first kappa shape index (κ1) is 13.9. The van der Waals surface area contributed by atoms with E-state index in [1.165, 1.54) is 13.2 Å². The first-order valence-electron chi connectivity index (χ1n) is 6.28. The average Bonchev–Trinajstić information content (AvgIpc) is 2.48. The number of para-hydroxylation sites is 1. The van der Waals surface area contributed by atoms with Crippen molar-refractivity contribution >= 4 is 11.7 Å². The van der Waals surface area contributed by atoms with Crippen molar-refractivity contribution in [1.82, 2.24) is 0 Å². The van der Waals surface area contributed by atoms with E-state index in [-0.39, 0.29) is 0 Å². The van der Waals surface area contributed by atoms with Crippen LogP contribution in [0.1, 0.15) is 11.1 Å². The van der Waals surface area contributed by atoms with E-state index in [4.69, 9.17) is 4.74 Å². The van der Waals surface area contributed by atoms with E-state index in [1.807, 2.05) is 61.5 Å². The third-order valence-corrected chi connectivity index (χ3v) is 2.76. The number of hydrogen-bond donors (Lipinski definition) is 0. The van der Waals surface area contributed by atoms with Gasteiger partial charge in [0.15, 0.2) is 0 Å². The maximum atomic E-state index is 11.5. The molecule has 2 rings (SSSR count). The van der Waals surface area contributed by atoms with Gasteiger partial charge in [-0.05, 0) is 19.1 Å². The van der Waals surface area contributed by atoms with Crippen molar-refractivity contribution in [3.63, 3.8) is 0 Å². The number of esters is 1. The molecule has 3 heteroatoms. The van der Waals surface area contributed by atoms with Gasteiger partial charge < -0.3 is 9.47 Å². The number of benzene rings is 2. The summed E-state index contributed by atoms with van der Waals surface area (Å²) in [6.45, 7) is 2.01. The predicted octanol–water partition coefficient (Wildman–Crippen LogP) is 3.59. The fraction of sp³-hybridized carbons (Fsp3) is 0.118. The van der Waals surface area contributed by atoms with Gasteiger partial charge in [-0.25, -0.2) is 4.79 Å². The largest absolute Gasteiger partial charge is 0.466 e. The molecule has 0 amide bonds. The molecule has 0 aliphatic carbocycles. The van der Waals surface area contributed by atoms with Gasteiger partial charge in [0.2, 0.25) is 0 Å². The van der Waals surface area contributed by atoms with E-state index in [9.17, 15) is 4.79 Å². The lowest BCUT2D eigenvalue weighted by Crippen LogP contribution is -2.02. The Kier molecular flexibility index (Phi) is 4.56. The Morgan fingerprint density at radius 2 is 1.65 bits per heavy atom. The molecular weight excluding hydrogens is 252 g/mol. The highest BCUT2D eigenvalue weighted by molar-refractivity contribution is 5.90. The zero-order chi connectivity index (χ0) is 14.4. The summed E-state index contributed by atoms with van der Waals surface area (Å²) in [7, 11) is 1.34. The van der Waals surface area contributed by atoms with Crippen LogP contribution in [-0.2, 0) is 9.53 Å². The van der Waals surface area contributed by atoms with Crippen LogP contribution in [-0.4, -0.2) is 13.1 Å². The van der Waals surface area contributed by atoms with Gasteiger partial charge in [-0.1, -0.05) is 48.0 Å². The monoisotopic (exact) mass is 268 g/mol. The molecule has 3 nitrogen and oxygen atoms in total. The van der Waals surface area contributed by atoms with Crippen molar-refractivity contribution in [2.45, 2.75) is 6.92 Å². The molecule has 0 atom stereocenters. The lowest BCUT2D eigenvalue weighted by molar-refractivity contribution is -0.134. The van der Waals surface area contributed by atoms with Crippen LogP contribution in [0.25, 0.3) is 5.76 Å². The normalized spacial score (nSPS) is 11.0. The molecule has 0 unspecified atom stereocenters. The molecule has 0 aliphatic rings. The summed E-state index contributed by atoms with van der Waals surface area (Å²) in [5, 5.41) is 0. The fourth-order valence-electron chi connectivity index (χ4n) is 1.67. The van der Waals surface area contributed by atoms with Crippen LogP contribution >= 0.6 is 0 Å². The van der Waals surface area contributed by atoms with E-state index >= 15 is 0 Å². The molecule has 0 N–H and O–H groups in total. The first-order chi connectivity index (χ1) is 9.69. The van der Waals surface area contributed by atoms with Crippen molar-refractivity contribution in [2.24, 2.45) is 0 Å². The summed E-state index contributed by atoms with van der Waals surface area (Å²) < 4.78 is 10.4. The van der Waals surface area contributed by atoms with Crippen molar-refractivity contribution in [3.05, 3.63) is 71.8 Å². The minimum absolute atomic E-state index is 0.448. The van der Waals surface area contributed by atoms with Crippen LogP contribution in [0.2, 0.25) is 0 Å². The molecule has 0 spiro atoms. The molecule has 0 bridgehead atoms. The average molecular weight is 268 g/mol. The van der Waals surface area contributed by atoms with E-state index in [1.54, 1.807) is 0 Å². The molecule has 2 aromatic carbocycles. The number of carbonyl (C=O) groups is 1. The smallest absolute Gasteiger partial charge is 0.334 e. The first-order valence-corrected chi connectivity index (χ1v) is 6.28. The standard InChI is InChI=1S/C17H16O3/c1-13-8-10-14(11-9-13)16(12-17(18)19-2)20-15-6-4-3-5-7-15/h3-12H,1-2H3/b16-12+. The van der Waals surface area contributed by atoms with Crippen LogP contribution < -0.4 is 4.74 Å². The summed E-state index contributed by atoms with van der Waals surface area (Å²) in [5.41, 5.74) is 1.97. The number of carbonyl (C=O) groups excluding carboxylic acids is 1. The Bertz CT molecular complexity index is 598. The van der Waals surface area contributed by atoms with Crippen LogP contribution in [0.3, 0.4) is 0 Å². The molecule has 2 aromatic rings. The second-order valence-corrected chi connectivity index (χ2v) is 4.31. The number of rotatable bonds is 4.